The number of hydrogen-bond acceptors (Lipinski definition) is 3. The molecule has 0 atom stereocenters. The molecule has 204 valence electrons. The number of hydrogen-bond donors (Lipinski definition) is 2. The molecule has 0 saturated carbocycles. The molecule has 1 aliphatic rings. The summed E-state index contributed by atoms with van der Waals surface area (Å²) in [6.45, 7) is 8.88. The minimum Gasteiger partial charge on any atom is -0.396 e. The Morgan fingerprint density at radius 2 is 1.77 bits per heavy atom. The molecule has 0 radical (unpaired) electrons. The van der Waals surface area contributed by atoms with Crippen LogP contribution >= 0.6 is 0 Å². The number of benzene rings is 2. The van der Waals surface area contributed by atoms with Gasteiger partial charge in [0.05, 0.1) is 5.69 Å². The van der Waals surface area contributed by atoms with E-state index in [0.29, 0.717) is 12.0 Å². The van der Waals surface area contributed by atoms with E-state index in [0.717, 1.165) is 64.4 Å². The van der Waals surface area contributed by atoms with Crippen LogP contribution in [0.3, 0.4) is 0 Å². The maximum Gasteiger partial charge on any atom is 0.146 e. The van der Waals surface area contributed by atoms with Crippen LogP contribution in [0.25, 0.3) is 16.7 Å². The molecule has 6 heteroatoms. The number of nitrogens with one attached hydrogen (secondary N) is 1. The van der Waals surface area contributed by atoms with E-state index in [1.165, 1.54) is 31.0 Å². The number of aryl methyl sites for hydroxylation is 1. The van der Waals surface area contributed by atoms with Gasteiger partial charge in [0.1, 0.15) is 11.6 Å². The molecule has 0 spiro atoms. The summed E-state index contributed by atoms with van der Waals surface area (Å²) in [6.07, 6.45) is 18.2. The topological polar surface area (TPSA) is 57.9 Å². The number of likely N-dealkylation sites (tertiary alicyclic amines) is 1. The summed E-state index contributed by atoms with van der Waals surface area (Å²) >= 11 is 0. The molecule has 0 aliphatic carbocycles. The van der Waals surface area contributed by atoms with Crippen molar-refractivity contribution >= 4 is 11.3 Å². The van der Waals surface area contributed by atoms with Crippen LogP contribution in [-0.2, 0) is 13.0 Å². The third kappa shape index (κ3) is 6.56. The lowest BCUT2D eigenvalue weighted by Gasteiger charge is -2.15. The van der Waals surface area contributed by atoms with Gasteiger partial charge >= 0.3 is 0 Å². The van der Waals surface area contributed by atoms with E-state index in [9.17, 15) is 4.39 Å². The number of allylic oxidation sites excluding steroid dienone is 2. The van der Waals surface area contributed by atoms with Crippen molar-refractivity contribution in [2.45, 2.75) is 32.7 Å². The van der Waals surface area contributed by atoms with Crippen molar-refractivity contribution in [3.63, 3.8) is 0 Å². The fraction of sp³-hybridized carbons (Fsp3) is 0.206. The number of halogens is 2. The summed E-state index contributed by atoms with van der Waals surface area (Å²) in [5.41, 5.74) is 14.4. The average Bonchev–Trinajstić information content (AvgIpc) is 3.61. The molecular weight excluding hydrogens is 502 g/mol. The largest absolute Gasteiger partial charge is 0.396 e. The maximum atomic E-state index is 15.0. The highest BCUT2D eigenvalue weighted by Crippen LogP contribution is 2.31. The van der Waals surface area contributed by atoms with Crippen LogP contribution in [0.2, 0.25) is 0 Å². The van der Waals surface area contributed by atoms with Crippen LogP contribution in [0, 0.1) is 31.4 Å². The fourth-order valence-electron chi connectivity index (χ4n) is 5.21. The van der Waals surface area contributed by atoms with Crippen molar-refractivity contribution in [3.8, 4) is 24.0 Å². The fourth-order valence-corrected chi connectivity index (χ4v) is 5.21. The van der Waals surface area contributed by atoms with Crippen LogP contribution in [0.5, 0.6) is 0 Å². The van der Waals surface area contributed by atoms with Crippen LogP contribution in [0.15, 0.2) is 79.7 Å². The Morgan fingerprint density at radius 1 is 1.05 bits per heavy atom. The lowest BCUT2D eigenvalue weighted by Crippen LogP contribution is -2.18. The Hall–Kier alpha value is -4.47. The molecule has 3 heterocycles. The number of terminal acetylenes is 1. The number of nitrogens with two attached hydrogens (primary N) is 1. The van der Waals surface area contributed by atoms with Crippen LogP contribution in [0.4, 0.5) is 14.5 Å². The second-order valence-electron chi connectivity index (χ2n) is 9.93. The molecule has 1 fully saturated rings. The van der Waals surface area contributed by atoms with Gasteiger partial charge in [0.25, 0.3) is 0 Å². The van der Waals surface area contributed by atoms with Crippen molar-refractivity contribution in [2.75, 3.05) is 18.8 Å². The highest BCUT2D eigenvalue weighted by Gasteiger charge is 2.16. The Balaban J connectivity index is 0.00000181. The molecule has 1 saturated heterocycles. The minimum atomic E-state index is -0.440. The number of anilines is 1. The first-order chi connectivity index (χ1) is 19.4. The van der Waals surface area contributed by atoms with E-state index in [1.54, 1.807) is 24.4 Å². The third-order valence-corrected chi connectivity index (χ3v) is 7.13. The quantitative estimate of drug-likeness (QED) is 0.141. The highest BCUT2D eigenvalue weighted by atomic mass is 19.1. The first-order valence-electron chi connectivity index (χ1n) is 13.3. The van der Waals surface area contributed by atoms with Crippen LogP contribution in [0.1, 0.15) is 46.5 Å². The molecule has 1 aliphatic heterocycles. The third-order valence-electron chi connectivity index (χ3n) is 7.13. The molecule has 2 aromatic heterocycles. The van der Waals surface area contributed by atoms with Crippen LogP contribution < -0.4 is 5.73 Å². The van der Waals surface area contributed by atoms with Gasteiger partial charge in [0.2, 0.25) is 0 Å². The summed E-state index contributed by atoms with van der Waals surface area (Å²) in [5, 5.41) is 0. The molecule has 4 aromatic rings. The summed E-state index contributed by atoms with van der Waals surface area (Å²) < 4.78 is 28.5. The van der Waals surface area contributed by atoms with E-state index in [-0.39, 0.29) is 11.5 Å². The van der Waals surface area contributed by atoms with Gasteiger partial charge in [-0.15, -0.1) is 12.8 Å². The number of rotatable bonds is 8. The maximum absolute atomic E-state index is 15.0. The highest BCUT2D eigenvalue weighted by molar-refractivity contribution is 5.82. The van der Waals surface area contributed by atoms with E-state index >= 15 is 4.39 Å². The molecule has 0 amide bonds. The zero-order valence-electron chi connectivity index (χ0n) is 22.8. The van der Waals surface area contributed by atoms with Crippen molar-refractivity contribution in [1.29, 1.82) is 0 Å². The molecule has 5 rings (SSSR count). The normalized spacial score (nSPS) is 13.6. The van der Waals surface area contributed by atoms with Gasteiger partial charge in [0, 0.05) is 47.9 Å². The lowest BCUT2D eigenvalue weighted by atomic mass is 9.96. The standard InChI is InChI=1S/C32H32F2N4.C2H2/c1-3-6-29(23-7-9-27(33)10-8-23)30-17-28(37-21(30)2)15-25-14-24(16-31(34)32(25)35)26-13-22(18-36-19-26)20-38-11-4-5-12-38;1-2/h3,6-10,13-14,16-19,37H,1,4-5,11-12,15,20,35H2,2H3;1-2H/b29-6-;. The smallest absolute Gasteiger partial charge is 0.146 e. The first kappa shape index (κ1) is 28.5. The predicted octanol–water partition coefficient (Wildman–Crippen LogP) is 7.30. The number of aromatic nitrogens is 2. The van der Waals surface area contributed by atoms with Crippen LogP contribution in [-0.4, -0.2) is 28.0 Å². The summed E-state index contributed by atoms with van der Waals surface area (Å²) in [5.74, 6) is -0.725. The van der Waals surface area contributed by atoms with Gasteiger partial charge in [-0.05, 0) is 97.1 Å². The van der Waals surface area contributed by atoms with E-state index in [4.69, 9.17) is 5.73 Å². The zero-order chi connectivity index (χ0) is 28.6. The van der Waals surface area contributed by atoms with Crippen molar-refractivity contribution < 1.29 is 8.78 Å². The predicted molar refractivity (Wildman–Crippen MR) is 160 cm³/mol. The lowest BCUT2D eigenvalue weighted by molar-refractivity contribution is 0.331. The SMILES string of the molecule is C#C.C=C/C=C(/c1ccc(F)cc1)c1cc(Cc2cc(-c3cncc(CN4CCCC4)c3)cc(F)c2N)[nH]c1C. The second-order valence-corrected chi connectivity index (χ2v) is 9.93. The van der Waals surface area contributed by atoms with Gasteiger partial charge < -0.3 is 10.7 Å². The van der Waals surface area contributed by atoms with Crippen molar-refractivity contribution in [2.24, 2.45) is 0 Å². The zero-order valence-corrected chi connectivity index (χ0v) is 22.8. The van der Waals surface area contributed by atoms with Crippen molar-refractivity contribution in [3.05, 3.63) is 125 Å². The Morgan fingerprint density at radius 3 is 2.48 bits per heavy atom. The first-order valence-corrected chi connectivity index (χ1v) is 13.3. The molecule has 40 heavy (non-hydrogen) atoms. The molecular formula is C34H34F2N4. The Bertz CT molecular complexity index is 1520. The molecule has 0 bridgehead atoms. The van der Waals surface area contributed by atoms with Gasteiger partial charge in [-0.25, -0.2) is 8.78 Å². The monoisotopic (exact) mass is 536 g/mol. The molecule has 2 aromatic carbocycles. The van der Waals surface area contributed by atoms with Gasteiger partial charge in [-0.1, -0.05) is 30.9 Å². The number of nitrogen functional groups attached to an aromatic ring is 1. The van der Waals surface area contributed by atoms with E-state index < -0.39 is 5.82 Å². The van der Waals surface area contributed by atoms with E-state index in [2.05, 4.69) is 40.4 Å². The molecule has 4 nitrogen and oxygen atoms in total. The summed E-state index contributed by atoms with van der Waals surface area (Å²) in [6, 6.07) is 13.9. The average molecular weight is 537 g/mol. The van der Waals surface area contributed by atoms with Gasteiger partial charge in [-0.3, -0.25) is 9.88 Å². The Labute approximate surface area is 235 Å². The summed E-state index contributed by atoms with van der Waals surface area (Å²) in [4.78, 5) is 10.3. The molecule has 3 N–H and O–H groups in total. The number of aromatic amines is 1. The van der Waals surface area contributed by atoms with Crippen molar-refractivity contribution in [1.82, 2.24) is 14.9 Å². The Kier molecular flexibility index (Phi) is 9.31. The second kappa shape index (κ2) is 13.1. The number of nitrogens with zero attached hydrogens (tertiary/aromatic N) is 2. The van der Waals surface area contributed by atoms with E-state index in [1.807, 2.05) is 31.3 Å². The number of pyridine rings is 1. The van der Waals surface area contributed by atoms with Gasteiger partial charge in [-0.2, -0.15) is 0 Å². The van der Waals surface area contributed by atoms with Gasteiger partial charge in [0.15, 0.2) is 0 Å². The number of H-pyrrole nitrogens is 1. The minimum absolute atomic E-state index is 0.143. The summed E-state index contributed by atoms with van der Waals surface area (Å²) in [7, 11) is 0. The molecule has 0 unspecified atom stereocenters.